The number of nitrogens with zero attached hydrogens (tertiary/aromatic N) is 2. The maximum absolute atomic E-state index is 13.0. The van der Waals surface area contributed by atoms with Gasteiger partial charge in [-0.2, -0.15) is 13.2 Å². The minimum absolute atomic E-state index is 0.0123. The highest BCUT2D eigenvalue weighted by molar-refractivity contribution is 7.99. The molecule has 0 spiro atoms. The third-order valence-corrected chi connectivity index (χ3v) is 6.62. The summed E-state index contributed by atoms with van der Waals surface area (Å²) in [6, 6.07) is 4.16. The topological polar surface area (TPSA) is 63.1 Å². The van der Waals surface area contributed by atoms with Crippen molar-refractivity contribution in [3.63, 3.8) is 0 Å². The molecule has 0 saturated heterocycles. The Bertz CT molecular complexity index is 992. The molecule has 172 valence electrons. The largest absolute Gasteiger partial charge is 0.512 e. The Hall–Kier alpha value is -2.35. The maximum atomic E-state index is 13.0. The van der Waals surface area contributed by atoms with E-state index in [0.717, 1.165) is 47.5 Å². The van der Waals surface area contributed by atoms with Crippen molar-refractivity contribution in [3.8, 4) is 0 Å². The number of hydrogen-bond acceptors (Lipinski definition) is 5. The highest BCUT2D eigenvalue weighted by Crippen LogP contribution is 2.38. The van der Waals surface area contributed by atoms with Crippen LogP contribution in [0.4, 0.5) is 13.2 Å². The highest BCUT2D eigenvalue weighted by atomic mass is 32.2. The number of halogens is 3. The van der Waals surface area contributed by atoms with Crippen LogP contribution in [0.5, 0.6) is 0 Å². The van der Waals surface area contributed by atoms with E-state index in [1.807, 2.05) is 20.8 Å². The number of aliphatic hydroxyl groups excluding tert-OH is 1. The monoisotopic (exact) mass is 464 g/mol. The Morgan fingerprint density at radius 1 is 1.09 bits per heavy atom. The van der Waals surface area contributed by atoms with Crippen molar-refractivity contribution in [2.24, 2.45) is 5.92 Å². The minimum atomic E-state index is -4.51. The van der Waals surface area contributed by atoms with Crippen molar-refractivity contribution in [2.45, 2.75) is 64.1 Å². The highest BCUT2D eigenvalue weighted by Gasteiger charge is 2.33. The number of thioether (sulfide) groups is 1. The first-order chi connectivity index (χ1) is 15.1. The molecule has 1 unspecified atom stereocenters. The lowest BCUT2D eigenvalue weighted by Crippen LogP contribution is -2.21. The quantitative estimate of drug-likeness (QED) is 0.483. The van der Waals surface area contributed by atoms with Gasteiger partial charge < -0.3 is 5.11 Å². The first-order valence-corrected chi connectivity index (χ1v) is 11.7. The number of rotatable bonds is 7. The number of carbonyl (C=O) groups is 1. The van der Waals surface area contributed by atoms with E-state index in [0.29, 0.717) is 35.6 Å². The van der Waals surface area contributed by atoms with Gasteiger partial charge in [0.15, 0.2) is 11.5 Å². The molecule has 0 aliphatic heterocycles. The van der Waals surface area contributed by atoms with Gasteiger partial charge in [-0.1, -0.05) is 31.5 Å². The lowest BCUT2D eigenvalue weighted by atomic mass is 9.79. The van der Waals surface area contributed by atoms with Gasteiger partial charge in [0, 0.05) is 12.8 Å². The second-order valence-corrected chi connectivity index (χ2v) is 9.17. The van der Waals surface area contributed by atoms with E-state index in [-0.39, 0.29) is 17.5 Å². The molecule has 1 atom stereocenters. The van der Waals surface area contributed by atoms with Gasteiger partial charge in [0.1, 0.15) is 10.8 Å². The Morgan fingerprint density at radius 3 is 2.25 bits per heavy atom. The summed E-state index contributed by atoms with van der Waals surface area (Å²) < 4.78 is 37.8. The number of alkyl halides is 3. The van der Waals surface area contributed by atoms with Crippen LogP contribution in [-0.4, -0.2) is 26.6 Å². The van der Waals surface area contributed by atoms with Crippen LogP contribution < -0.4 is 0 Å². The van der Waals surface area contributed by atoms with E-state index in [9.17, 15) is 23.1 Å². The third kappa shape index (κ3) is 5.52. The van der Waals surface area contributed by atoms with Gasteiger partial charge >= 0.3 is 6.18 Å². The Balaban J connectivity index is 1.69. The van der Waals surface area contributed by atoms with Crippen LogP contribution in [0.15, 0.2) is 35.3 Å². The standard InChI is InChI=1S/C24H27F3N2O2S/c1-4-16-8-14(3)9-17(5-2)22(16)23-18(30)10-15(11-19(23)31)6-7-32-21-13-28-20(12-29-21)24(25,26)27/h8-9,12-13,15,30H,4-7,10-11H2,1-3H3. The number of ketones is 1. The van der Waals surface area contributed by atoms with Crippen molar-refractivity contribution >= 4 is 23.1 Å². The summed E-state index contributed by atoms with van der Waals surface area (Å²) in [5.41, 5.74) is 3.62. The van der Waals surface area contributed by atoms with Gasteiger partial charge in [-0.15, -0.1) is 11.8 Å². The molecule has 1 aliphatic carbocycles. The molecule has 3 rings (SSSR count). The maximum Gasteiger partial charge on any atom is 0.434 e. The molecule has 1 N–H and O–H groups in total. The lowest BCUT2D eigenvalue weighted by molar-refractivity contribution is -0.141. The molecular weight excluding hydrogens is 437 g/mol. The zero-order valence-corrected chi connectivity index (χ0v) is 19.2. The summed E-state index contributed by atoms with van der Waals surface area (Å²) in [6.07, 6.45) is 0.305. The number of aromatic nitrogens is 2. The molecule has 32 heavy (non-hydrogen) atoms. The van der Waals surface area contributed by atoms with Crippen LogP contribution in [0.1, 0.15) is 61.1 Å². The van der Waals surface area contributed by atoms with E-state index in [1.165, 1.54) is 11.8 Å². The molecule has 1 aliphatic rings. The second-order valence-electron chi connectivity index (χ2n) is 8.06. The van der Waals surface area contributed by atoms with Gasteiger partial charge in [-0.05, 0) is 54.5 Å². The number of aryl methyl sites for hydroxylation is 3. The van der Waals surface area contributed by atoms with Crippen molar-refractivity contribution in [3.05, 3.63) is 58.2 Å². The van der Waals surface area contributed by atoms with E-state index >= 15 is 0 Å². The number of carbonyl (C=O) groups excluding carboxylic acids is 1. The van der Waals surface area contributed by atoms with Crippen LogP contribution in [0, 0.1) is 12.8 Å². The number of aliphatic hydroxyl groups is 1. The van der Waals surface area contributed by atoms with Crippen molar-refractivity contribution in [1.82, 2.24) is 9.97 Å². The lowest BCUT2D eigenvalue weighted by Gasteiger charge is -2.26. The predicted molar refractivity (Wildman–Crippen MR) is 120 cm³/mol. The number of allylic oxidation sites excluding steroid dienone is 2. The summed E-state index contributed by atoms with van der Waals surface area (Å²) in [4.78, 5) is 20.3. The molecule has 0 bridgehead atoms. The van der Waals surface area contributed by atoms with Gasteiger partial charge in [-0.3, -0.25) is 4.79 Å². The number of Topliss-reactive ketones (excluding diaryl/α,β-unsaturated/α-hetero) is 1. The van der Waals surface area contributed by atoms with Gasteiger partial charge in [0.05, 0.1) is 18.0 Å². The van der Waals surface area contributed by atoms with Crippen molar-refractivity contribution in [2.75, 3.05) is 5.75 Å². The average molecular weight is 465 g/mol. The molecular formula is C24H27F3N2O2S. The molecule has 8 heteroatoms. The van der Waals surface area contributed by atoms with E-state index in [2.05, 4.69) is 22.1 Å². The zero-order chi connectivity index (χ0) is 23.5. The second kappa shape index (κ2) is 10.1. The SMILES string of the molecule is CCc1cc(C)cc(CC)c1C1=C(O)CC(CCSc2cnc(C(F)(F)F)cn2)CC1=O. The first kappa shape index (κ1) is 24.3. The Labute approximate surface area is 190 Å². The van der Waals surface area contributed by atoms with Crippen molar-refractivity contribution < 1.29 is 23.1 Å². The van der Waals surface area contributed by atoms with Gasteiger partial charge in [-0.25, -0.2) is 9.97 Å². The molecule has 0 amide bonds. The van der Waals surface area contributed by atoms with Crippen LogP contribution in [0.25, 0.3) is 5.57 Å². The summed E-state index contributed by atoms with van der Waals surface area (Å²) in [5, 5.41) is 11.2. The Kier molecular flexibility index (Phi) is 7.64. The molecule has 1 aromatic heterocycles. The molecule has 0 fully saturated rings. The third-order valence-electron chi connectivity index (χ3n) is 5.68. The minimum Gasteiger partial charge on any atom is -0.512 e. The number of hydrogen-bond donors (Lipinski definition) is 1. The van der Waals surface area contributed by atoms with Crippen LogP contribution in [0.3, 0.4) is 0 Å². The molecule has 2 aromatic rings. The zero-order valence-electron chi connectivity index (χ0n) is 18.4. The van der Waals surface area contributed by atoms with Gasteiger partial charge in [0.25, 0.3) is 0 Å². The predicted octanol–water partition coefficient (Wildman–Crippen LogP) is 6.36. The van der Waals surface area contributed by atoms with Gasteiger partial charge in [0.2, 0.25) is 0 Å². The fraction of sp³-hybridized carbons (Fsp3) is 0.458. The summed E-state index contributed by atoms with van der Waals surface area (Å²) >= 11 is 1.30. The molecule has 1 aromatic carbocycles. The summed E-state index contributed by atoms with van der Waals surface area (Å²) in [6.45, 7) is 6.13. The Morgan fingerprint density at radius 2 is 1.75 bits per heavy atom. The van der Waals surface area contributed by atoms with Crippen LogP contribution in [0.2, 0.25) is 0 Å². The molecule has 0 saturated carbocycles. The molecule has 4 nitrogen and oxygen atoms in total. The molecule has 1 heterocycles. The average Bonchev–Trinajstić information content (AvgIpc) is 2.73. The molecule has 0 radical (unpaired) electrons. The number of benzene rings is 1. The van der Waals surface area contributed by atoms with E-state index in [1.54, 1.807) is 0 Å². The fourth-order valence-corrected chi connectivity index (χ4v) is 5.06. The summed E-state index contributed by atoms with van der Waals surface area (Å²) in [5.74, 6) is 0.651. The first-order valence-electron chi connectivity index (χ1n) is 10.7. The smallest absolute Gasteiger partial charge is 0.434 e. The van der Waals surface area contributed by atoms with Crippen molar-refractivity contribution in [1.29, 1.82) is 0 Å². The van der Waals surface area contributed by atoms with E-state index in [4.69, 9.17) is 0 Å². The van der Waals surface area contributed by atoms with E-state index < -0.39 is 11.9 Å². The fourth-order valence-electron chi connectivity index (χ4n) is 4.15. The van der Waals surface area contributed by atoms with Crippen LogP contribution in [-0.2, 0) is 23.8 Å². The normalized spacial score (nSPS) is 17.2. The van der Waals surface area contributed by atoms with Crippen LogP contribution >= 0.6 is 11.8 Å². The summed E-state index contributed by atoms with van der Waals surface area (Å²) in [7, 11) is 0.